The highest BCUT2D eigenvalue weighted by Crippen LogP contribution is 2.57. The molecule has 2 bridgehead atoms. The summed E-state index contributed by atoms with van der Waals surface area (Å²) in [5, 5.41) is 0. The van der Waals surface area contributed by atoms with Crippen molar-refractivity contribution >= 4 is 0 Å². The monoisotopic (exact) mass is 167 g/mol. The SMILES string of the molecule is NCCC1C2CC3OCC1C3C2. The molecule has 0 radical (unpaired) electrons. The Hall–Kier alpha value is -0.0800. The molecule has 5 atom stereocenters. The fraction of sp³-hybridized carbons (Fsp3) is 1.00. The van der Waals surface area contributed by atoms with Crippen LogP contribution in [0.15, 0.2) is 0 Å². The molecule has 0 aromatic heterocycles. The molecule has 0 amide bonds. The van der Waals surface area contributed by atoms with E-state index in [1.54, 1.807) is 0 Å². The van der Waals surface area contributed by atoms with Gasteiger partial charge in [0.25, 0.3) is 0 Å². The highest BCUT2D eigenvalue weighted by Gasteiger charge is 2.56. The average Bonchev–Trinajstić information content (AvgIpc) is 2.61. The van der Waals surface area contributed by atoms with Gasteiger partial charge in [0, 0.05) is 0 Å². The lowest BCUT2D eigenvalue weighted by Crippen LogP contribution is -2.26. The minimum absolute atomic E-state index is 0.647. The van der Waals surface area contributed by atoms with Crippen LogP contribution in [-0.4, -0.2) is 19.3 Å². The summed E-state index contributed by atoms with van der Waals surface area (Å²) >= 11 is 0. The van der Waals surface area contributed by atoms with Crippen LogP contribution < -0.4 is 5.73 Å². The van der Waals surface area contributed by atoms with Crippen LogP contribution >= 0.6 is 0 Å². The van der Waals surface area contributed by atoms with Gasteiger partial charge < -0.3 is 10.5 Å². The second-order valence-electron chi connectivity index (χ2n) is 4.67. The van der Waals surface area contributed by atoms with E-state index in [2.05, 4.69) is 0 Å². The van der Waals surface area contributed by atoms with Crippen molar-refractivity contribution < 1.29 is 4.74 Å². The van der Waals surface area contributed by atoms with Crippen molar-refractivity contribution in [2.45, 2.75) is 25.4 Å². The fourth-order valence-electron chi connectivity index (χ4n) is 3.85. The summed E-state index contributed by atoms with van der Waals surface area (Å²) in [6.45, 7) is 1.91. The van der Waals surface area contributed by atoms with E-state index in [0.29, 0.717) is 6.10 Å². The molecular formula is C10H17NO. The summed E-state index contributed by atoms with van der Waals surface area (Å²) in [6, 6.07) is 0. The molecule has 68 valence electrons. The van der Waals surface area contributed by atoms with Crippen LogP contribution in [0.25, 0.3) is 0 Å². The van der Waals surface area contributed by atoms with Gasteiger partial charge in [0.15, 0.2) is 0 Å². The lowest BCUT2D eigenvalue weighted by molar-refractivity contribution is 0.101. The van der Waals surface area contributed by atoms with E-state index in [1.165, 1.54) is 19.3 Å². The van der Waals surface area contributed by atoms with Gasteiger partial charge in [-0.3, -0.25) is 0 Å². The third-order valence-electron chi connectivity index (χ3n) is 4.30. The molecule has 3 rings (SSSR count). The Morgan fingerprint density at radius 1 is 1.25 bits per heavy atom. The molecule has 3 fully saturated rings. The van der Waals surface area contributed by atoms with Crippen molar-refractivity contribution in [1.82, 2.24) is 0 Å². The molecule has 1 saturated heterocycles. The first kappa shape index (κ1) is 7.34. The molecule has 2 nitrogen and oxygen atoms in total. The van der Waals surface area contributed by atoms with E-state index in [1.807, 2.05) is 0 Å². The maximum atomic E-state index is 5.77. The third-order valence-corrected chi connectivity index (χ3v) is 4.30. The standard InChI is InChI=1S/C10H17NO/c11-2-1-7-6-3-8-9(7)5-12-10(8)4-6/h6-10H,1-5,11H2. The van der Waals surface area contributed by atoms with Gasteiger partial charge in [0.05, 0.1) is 12.7 Å². The zero-order valence-electron chi connectivity index (χ0n) is 7.41. The number of hydrogen-bond donors (Lipinski definition) is 1. The predicted molar refractivity (Wildman–Crippen MR) is 46.6 cm³/mol. The molecule has 2 saturated carbocycles. The minimum atomic E-state index is 0.647. The highest BCUT2D eigenvalue weighted by atomic mass is 16.5. The topological polar surface area (TPSA) is 35.2 Å². The Morgan fingerprint density at radius 3 is 3.00 bits per heavy atom. The van der Waals surface area contributed by atoms with Gasteiger partial charge in [-0.05, 0) is 49.5 Å². The molecule has 0 aromatic carbocycles. The summed E-state index contributed by atoms with van der Waals surface area (Å²) in [5.41, 5.74) is 5.63. The van der Waals surface area contributed by atoms with Crippen LogP contribution in [-0.2, 0) is 4.74 Å². The third kappa shape index (κ3) is 0.775. The van der Waals surface area contributed by atoms with E-state index in [4.69, 9.17) is 10.5 Å². The zero-order valence-corrected chi connectivity index (χ0v) is 7.41. The van der Waals surface area contributed by atoms with E-state index >= 15 is 0 Å². The van der Waals surface area contributed by atoms with Crippen molar-refractivity contribution in [3.8, 4) is 0 Å². The summed E-state index contributed by atoms with van der Waals surface area (Å²) in [5.74, 6) is 3.69. The summed E-state index contributed by atoms with van der Waals surface area (Å²) in [6.07, 6.45) is 4.67. The lowest BCUT2D eigenvalue weighted by Gasteiger charge is -2.25. The zero-order chi connectivity index (χ0) is 8.13. The van der Waals surface area contributed by atoms with Gasteiger partial charge in [-0.25, -0.2) is 0 Å². The van der Waals surface area contributed by atoms with Crippen molar-refractivity contribution in [2.75, 3.05) is 13.2 Å². The Bertz CT molecular complexity index is 192. The maximum Gasteiger partial charge on any atom is 0.0609 e. The maximum absolute atomic E-state index is 5.77. The smallest absolute Gasteiger partial charge is 0.0609 e. The normalized spacial score (nSPS) is 55.2. The highest BCUT2D eigenvalue weighted by molar-refractivity contribution is 5.04. The van der Waals surface area contributed by atoms with Crippen LogP contribution in [0.3, 0.4) is 0 Å². The number of ether oxygens (including phenoxy) is 1. The number of nitrogens with two attached hydrogens (primary N) is 1. The Kier molecular flexibility index (Phi) is 1.50. The van der Waals surface area contributed by atoms with Crippen molar-refractivity contribution in [3.63, 3.8) is 0 Å². The Morgan fingerprint density at radius 2 is 2.17 bits per heavy atom. The molecule has 2 N–H and O–H groups in total. The Labute approximate surface area is 73.5 Å². The van der Waals surface area contributed by atoms with Gasteiger partial charge in [-0.15, -0.1) is 0 Å². The molecule has 3 aliphatic rings. The van der Waals surface area contributed by atoms with Gasteiger partial charge in [-0.2, -0.15) is 0 Å². The van der Waals surface area contributed by atoms with Crippen LogP contribution in [0.5, 0.6) is 0 Å². The molecule has 2 heteroatoms. The number of hydrogen-bond acceptors (Lipinski definition) is 2. The summed E-state index contributed by atoms with van der Waals surface area (Å²) < 4.78 is 5.77. The molecule has 1 heterocycles. The lowest BCUT2D eigenvalue weighted by atomic mass is 9.79. The van der Waals surface area contributed by atoms with Crippen molar-refractivity contribution in [1.29, 1.82) is 0 Å². The first-order valence-electron chi connectivity index (χ1n) is 5.22. The largest absolute Gasteiger partial charge is 0.378 e. The van der Waals surface area contributed by atoms with Crippen LogP contribution in [0.4, 0.5) is 0 Å². The quantitative estimate of drug-likeness (QED) is 0.666. The summed E-state index contributed by atoms with van der Waals surface area (Å²) in [7, 11) is 0. The summed E-state index contributed by atoms with van der Waals surface area (Å²) in [4.78, 5) is 0. The van der Waals surface area contributed by atoms with Gasteiger partial charge >= 0.3 is 0 Å². The van der Waals surface area contributed by atoms with Crippen molar-refractivity contribution in [2.24, 2.45) is 29.4 Å². The van der Waals surface area contributed by atoms with Gasteiger partial charge in [-0.1, -0.05) is 0 Å². The second-order valence-corrected chi connectivity index (χ2v) is 4.67. The van der Waals surface area contributed by atoms with Crippen LogP contribution in [0.2, 0.25) is 0 Å². The molecule has 1 aliphatic heterocycles. The van der Waals surface area contributed by atoms with E-state index in [0.717, 1.165) is 36.8 Å². The van der Waals surface area contributed by atoms with Crippen LogP contribution in [0, 0.1) is 23.7 Å². The number of rotatable bonds is 2. The van der Waals surface area contributed by atoms with Crippen LogP contribution in [0.1, 0.15) is 19.3 Å². The molecule has 2 aliphatic carbocycles. The predicted octanol–water partition coefficient (Wildman–Crippen LogP) is 1.01. The number of fused-ring (bicyclic) bond motifs is 1. The first-order chi connectivity index (χ1) is 5.90. The second kappa shape index (κ2) is 2.46. The van der Waals surface area contributed by atoms with E-state index in [-0.39, 0.29) is 0 Å². The van der Waals surface area contributed by atoms with Crippen molar-refractivity contribution in [3.05, 3.63) is 0 Å². The van der Waals surface area contributed by atoms with Gasteiger partial charge in [0.2, 0.25) is 0 Å². The molecule has 0 spiro atoms. The van der Waals surface area contributed by atoms with E-state index in [9.17, 15) is 0 Å². The van der Waals surface area contributed by atoms with Gasteiger partial charge in [0.1, 0.15) is 0 Å². The molecular weight excluding hydrogens is 150 g/mol. The average molecular weight is 167 g/mol. The van der Waals surface area contributed by atoms with E-state index < -0.39 is 0 Å². The first-order valence-corrected chi connectivity index (χ1v) is 5.22. The molecule has 5 unspecified atom stereocenters. The molecule has 0 aromatic rings. The minimum Gasteiger partial charge on any atom is -0.378 e. The molecule has 12 heavy (non-hydrogen) atoms. The Balaban J connectivity index is 1.81. The fourth-order valence-corrected chi connectivity index (χ4v) is 3.85.